The van der Waals surface area contributed by atoms with Crippen LogP contribution in [0.15, 0.2) is 42.6 Å². The second-order valence-corrected chi connectivity index (χ2v) is 9.88. The van der Waals surface area contributed by atoms with Crippen molar-refractivity contribution in [3.63, 3.8) is 0 Å². The van der Waals surface area contributed by atoms with Gasteiger partial charge in [-0.25, -0.2) is 4.98 Å². The summed E-state index contributed by atoms with van der Waals surface area (Å²) in [5.74, 6) is -0.846. The summed E-state index contributed by atoms with van der Waals surface area (Å²) in [5, 5.41) is 7.58. The number of anilines is 1. The van der Waals surface area contributed by atoms with Crippen LogP contribution in [0, 0.1) is 5.41 Å². The number of carbonyl (C=O) groups is 3. The van der Waals surface area contributed by atoms with Gasteiger partial charge in [0.1, 0.15) is 17.9 Å². The van der Waals surface area contributed by atoms with Crippen molar-refractivity contribution >= 4 is 34.3 Å². The number of pyridine rings is 1. The fourth-order valence-corrected chi connectivity index (χ4v) is 4.02. The van der Waals surface area contributed by atoms with Crippen LogP contribution in [0.5, 0.6) is 0 Å². The molecule has 0 atom stereocenters. The lowest BCUT2D eigenvalue weighted by Crippen LogP contribution is -2.53. The number of hydrogen-bond acceptors (Lipinski definition) is 5. The number of amides is 3. The van der Waals surface area contributed by atoms with Crippen molar-refractivity contribution in [3.05, 3.63) is 54.0 Å². The molecule has 0 saturated carbocycles. The number of piperazine rings is 1. The van der Waals surface area contributed by atoms with E-state index in [-0.39, 0.29) is 24.1 Å². The highest BCUT2D eigenvalue weighted by Crippen LogP contribution is 2.27. The number of carbonyl (C=O) groups excluding carboxylic acids is 3. The van der Waals surface area contributed by atoms with Crippen molar-refractivity contribution in [1.82, 2.24) is 24.6 Å². The topological polar surface area (TPSA) is 100 Å². The molecule has 0 bridgehead atoms. The minimum atomic E-state index is -4.65. The molecule has 2 aromatic heterocycles. The van der Waals surface area contributed by atoms with Crippen LogP contribution in [-0.4, -0.2) is 68.5 Å². The smallest absolute Gasteiger partial charge is 0.339 e. The van der Waals surface area contributed by atoms with Gasteiger partial charge in [-0.05, 0) is 30.3 Å². The van der Waals surface area contributed by atoms with Gasteiger partial charge in [0, 0.05) is 48.9 Å². The highest BCUT2D eigenvalue weighted by Gasteiger charge is 2.33. The number of fused-ring (bicyclic) bond motifs is 1. The van der Waals surface area contributed by atoms with Crippen LogP contribution in [0.2, 0.25) is 0 Å². The summed E-state index contributed by atoms with van der Waals surface area (Å²) in [6.07, 6.45) is -3.00. The molecule has 196 valence electrons. The maximum atomic E-state index is 12.9. The normalized spacial score (nSPS) is 14.6. The van der Waals surface area contributed by atoms with Crippen molar-refractivity contribution in [3.8, 4) is 0 Å². The Balaban J connectivity index is 1.38. The zero-order valence-electron chi connectivity index (χ0n) is 20.7. The number of benzene rings is 1. The number of nitrogens with zero attached hydrogens (tertiary/aromatic N) is 5. The van der Waals surface area contributed by atoms with Gasteiger partial charge < -0.3 is 15.1 Å². The molecule has 0 spiro atoms. The Kier molecular flexibility index (Phi) is 6.94. The third-order valence-corrected chi connectivity index (χ3v) is 5.94. The first kappa shape index (κ1) is 26.1. The highest BCUT2D eigenvalue weighted by atomic mass is 19.4. The van der Waals surface area contributed by atoms with E-state index in [1.165, 1.54) is 10.7 Å². The first-order chi connectivity index (χ1) is 17.3. The third kappa shape index (κ3) is 6.07. The summed E-state index contributed by atoms with van der Waals surface area (Å²) in [4.78, 5) is 44.6. The predicted molar refractivity (Wildman–Crippen MR) is 130 cm³/mol. The largest absolute Gasteiger partial charge is 0.433 e. The van der Waals surface area contributed by atoms with Crippen LogP contribution in [0.1, 0.15) is 37.0 Å². The molecule has 3 amide bonds. The molecular formula is C25H27F3N6O3. The molecule has 37 heavy (non-hydrogen) atoms. The van der Waals surface area contributed by atoms with Crippen LogP contribution < -0.4 is 5.32 Å². The molecule has 1 aromatic carbocycles. The number of halogens is 3. The van der Waals surface area contributed by atoms with E-state index in [0.717, 1.165) is 12.1 Å². The average Bonchev–Trinajstić information content (AvgIpc) is 3.24. The molecule has 1 aliphatic rings. The lowest BCUT2D eigenvalue weighted by atomic mass is 9.94. The zero-order valence-corrected chi connectivity index (χ0v) is 20.7. The Morgan fingerprint density at radius 2 is 1.65 bits per heavy atom. The van der Waals surface area contributed by atoms with Crippen LogP contribution in [0.25, 0.3) is 10.9 Å². The molecule has 3 heterocycles. The average molecular weight is 517 g/mol. The van der Waals surface area contributed by atoms with Crippen molar-refractivity contribution < 1.29 is 27.6 Å². The molecule has 0 aliphatic carbocycles. The summed E-state index contributed by atoms with van der Waals surface area (Å²) in [6.45, 7) is 7.47. The molecule has 1 fully saturated rings. The first-order valence-corrected chi connectivity index (χ1v) is 11.7. The number of aromatic nitrogens is 3. The van der Waals surface area contributed by atoms with Crippen LogP contribution in [0.4, 0.5) is 18.9 Å². The molecule has 12 heteroatoms. The minimum Gasteiger partial charge on any atom is -0.339 e. The number of nitrogens with one attached hydrogen (secondary N) is 1. The second-order valence-electron chi connectivity index (χ2n) is 9.88. The summed E-state index contributed by atoms with van der Waals surface area (Å²) in [6, 6.07) is 7.94. The standard InChI is InChI=1S/C25H27F3N6O3/c1-24(2,3)23(37)33-11-9-32(10-12-33)21(35)15-34-14-16-13-17(7-8-18(16)31-34)29-22(36)19-5-4-6-20(30-19)25(26,27)28/h4-8,13-14H,9-12,15H2,1-3H3,(H,29,36). The Bertz CT molecular complexity index is 1340. The van der Waals surface area contributed by atoms with E-state index in [0.29, 0.717) is 42.8 Å². The maximum absolute atomic E-state index is 12.9. The SMILES string of the molecule is CC(C)(C)C(=O)N1CCN(C(=O)Cn2cc3cc(NC(=O)c4cccc(C(F)(F)F)n4)ccc3n2)CC1. The fraction of sp³-hybridized carbons (Fsp3) is 0.400. The molecular weight excluding hydrogens is 489 g/mol. The van der Waals surface area contributed by atoms with Gasteiger partial charge in [0.25, 0.3) is 5.91 Å². The molecule has 1 aliphatic heterocycles. The molecule has 3 aromatic rings. The molecule has 0 unspecified atom stereocenters. The maximum Gasteiger partial charge on any atom is 0.433 e. The molecule has 1 N–H and O–H groups in total. The molecule has 4 rings (SSSR count). The van der Waals surface area contributed by atoms with Gasteiger partial charge in [-0.1, -0.05) is 26.8 Å². The Morgan fingerprint density at radius 3 is 2.30 bits per heavy atom. The lowest BCUT2D eigenvalue weighted by Gasteiger charge is -2.37. The molecule has 1 saturated heterocycles. The third-order valence-electron chi connectivity index (χ3n) is 5.94. The van der Waals surface area contributed by atoms with Crippen molar-refractivity contribution in [2.24, 2.45) is 5.41 Å². The summed E-state index contributed by atoms with van der Waals surface area (Å²) >= 11 is 0. The van der Waals surface area contributed by atoms with Gasteiger partial charge in [-0.3, -0.25) is 19.1 Å². The Hall–Kier alpha value is -3.96. The molecule has 0 radical (unpaired) electrons. The molecule has 9 nitrogen and oxygen atoms in total. The van der Waals surface area contributed by atoms with Crippen LogP contribution in [0.3, 0.4) is 0 Å². The fourth-order valence-electron chi connectivity index (χ4n) is 4.02. The van der Waals surface area contributed by atoms with E-state index in [9.17, 15) is 27.6 Å². The van der Waals surface area contributed by atoms with E-state index in [1.807, 2.05) is 20.8 Å². The van der Waals surface area contributed by atoms with E-state index in [1.54, 1.807) is 34.2 Å². The highest BCUT2D eigenvalue weighted by molar-refractivity contribution is 6.03. The van der Waals surface area contributed by atoms with Crippen molar-refractivity contribution in [1.29, 1.82) is 0 Å². The van der Waals surface area contributed by atoms with Gasteiger partial charge >= 0.3 is 6.18 Å². The summed E-state index contributed by atoms with van der Waals surface area (Å²) in [7, 11) is 0. The monoisotopic (exact) mass is 516 g/mol. The van der Waals surface area contributed by atoms with Gasteiger partial charge in [0.05, 0.1) is 5.52 Å². The number of hydrogen-bond donors (Lipinski definition) is 1. The van der Waals surface area contributed by atoms with Crippen LogP contribution >= 0.6 is 0 Å². The van der Waals surface area contributed by atoms with E-state index in [4.69, 9.17) is 0 Å². The van der Waals surface area contributed by atoms with E-state index in [2.05, 4.69) is 15.4 Å². The van der Waals surface area contributed by atoms with Crippen molar-refractivity contribution in [2.75, 3.05) is 31.5 Å². The van der Waals surface area contributed by atoms with Crippen LogP contribution in [-0.2, 0) is 22.3 Å². The van der Waals surface area contributed by atoms with Gasteiger partial charge in [0.15, 0.2) is 0 Å². The van der Waals surface area contributed by atoms with E-state index >= 15 is 0 Å². The van der Waals surface area contributed by atoms with Crippen molar-refractivity contribution in [2.45, 2.75) is 33.5 Å². The Labute approximate surface area is 211 Å². The predicted octanol–water partition coefficient (Wildman–Crippen LogP) is 3.42. The number of rotatable bonds is 4. The summed E-state index contributed by atoms with van der Waals surface area (Å²) in [5.41, 5.74) is -1.04. The van der Waals surface area contributed by atoms with Gasteiger partial charge in [0.2, 0.25) is 11.8 Å². The van der Waals surface area contributed by atoms with Gasteiger partial charge in [-0.2, -0.15) is 18.3 Å². The van der Waals surface area contributed by atoms with Gasteiger partial charge in [-0.15, -0.1) is 0 Å². The summed E-state index contributed by atoms with van der Waals surface area (Å²) < 4.78 is 40.2. The number of alkyl halides is 3. The first-order valence-electron chi connectivity index (χ1n) is 11.7. The quantitative estimate of drug-likeness (QED) is 0.573. The Morgan fingerprint density at radius 1 is 0.973 bits per heavy atom. The lowest BCUT2D eigenvalue weighted by molar-refractivity contribution is -0.145. The minimum absolute atomic E-state index is 0.0117. The zero-order chi connectivity index (χ0) is 27.0. The van der Waals surface area contributed by atoms with E-state index < -0.39 is 23.2 Å². The second kappa shape index (κ2) is 9.83.